The van der Waals surface area contributed by atoms with Gasteiger partial charge in [-0.3, -0.25) is 0 Å². The van der Waals surface area contributed by atoms with Gasteiger partial charge in [0.2, 0.25) is 0 Å². The average Bonchev–Trinajstić information content (AvgIpc) is 2.65. The Bertz CT molecular complexity index is 575. The summed E-state index contributed by atoms with van der Waals surface area (Å²) in [6.07, 6.45) is 1.03. The summed E-state index contributed by atoms with van der Waals surface area (Å²) in [5, 5.41) is 0. The largest absolute Gasteiger partial charge is 0.399 e. The van der Waals surface area contributed by atoms with E-state index in [0.29, 0.717) is 6.04 Å². The molecule has 0 spiro atoms. The number of nitrogen functional groups attached to an aromatic ring is 2. The van der Waals surface area contributed by atoms with Crippen LogP contribution in [0.15, 0.2) is 42.5 Å². The molecule has 3 nitrogen and oxygen atoms in total. The predicted molar refractivity (Wildman–Crippen MR) is 77.0 cm³/mol. The number of anilines is 4. The highest BCUT2D eigenvalue weighted by atomic mass is 15.2. The van der Waals surface area contributed by atoms with Crippen LogP contribution in [0.25, 0.3) is 0 Å². The Hall–Kier alpha value is -2.16. The minimum Gasteiger partial charge on any atom is -0.399 e. The molecule has 3 heteroatoms. The summed E-state index contributed by atoms with van der Waals surface area (Å²) in [7, 11) is 0. The van der Waals surface area contributed by atoms with Crippen molar-refractivity contribution in [3.8, 4) is 0 Å². The first kappa shape index (κ1) is 11.0. The van der Waals surface area contributed by atoms with Crippen molar-refractivity contribution in [1.82, 2.24) is 0 Å². The van der Waals surface area contributed by atoms with Gasteiger partial charge in [-0.15, -0.1) is 0 Å². The second-order valence-electron chi connectivity index (χ2n) is 4.90. The molecule has 92 valence electrons. The van der Waals surface area contributed by atoms with Crippen LogP contribution in [0.5, 0.6) is 0 Å². The Morgan fingerprint density at radius 3 is 2.39 bits per heavy atom. The lowest BCUT2D eigenvalue weighted by Crippen LogP contribution is -2.23. The highest BCUT2D eigenvalue weighted by molar-refractivity contribution is 5.73. The van der Waals surface area contributed by atoms with E-state index in [4.69, 9.17) is 11.5 Å². The molecule has 1 aliphatic heterocycles. The van der Waals surface area contributed by atoms with Gasteiger partial charge in [0.25, 0.3) is 0 Å². The van der Waals surface area contributed by atoms with E-state index in [1.54, 1.807) is 0 Å². The monoisotopic (exact) mass is 239 g/mol. The molecule has 18 heavy (non-hydrogen) atoms. The Morgan fingerprint density at radius 1 is 1.00 bits per heavy atom. The van der Waals surface area contributed by atoms with Gasteiger partial charge in [-0.25, -0.2) is 0 Å². The number of fused-ring (bicyclic) bond motifs is 1. The minimum atomic E-state index is 0.449. The van der Waals surface area contributed by atoms with Crippen molar-refractivity contribution < 1.29 is 0 Å². The maximum absolute atomic E-state index is 5.85. The van der Waals surface area contributed by atoms with Gasteiger partial charge in [-0.1, -0.05) is 0 Å². The van der Waals surface area contributed by atoms with E-state index in [2.05, 4.69) is 36.1 Å². The molecule has 1 aliphatic rings. The molecule has 0 fully saturated rings. The molecule has 0 saturated heterocycles. The van der Waals surface area contributed by atoms with Gasteiger partial charge in [0.15, 0.2) is 0 Å². The van der Waals surface area contributed by atoms with Crippen LogP contribution in [-0.2, 0) is 6.42 Å². The van der Waals surface area contributed by atoms with E-state index in [9.17, 15) is 0 Å². The highest BCUT2D eigenvalue weighted by Gasteiger charge is 2.26. The van der Waals surface area contributed by atoms with Crippen LogP contribution in [0.2, 0.25) is 0 Å². The first-order chi connectivity index (χ1) is 8.65. The molecule has 0 amide bonds. The molecule has 0 saturated carbocycles. The van der Waals surface area contributed by atoms with Crippen molar-refractivity contribution >= 4 is 22.7 Å². The fourth-order valence-corrected chi connectivity index (χ4v) is 2.68. The molecule has 1 unspecified atom stereocenters. The van der Waals surface area contributed by atoms with Gasteiger partial charge < -0.3 is 16.4 Å². The zero-order valence-electron chi connectivity index (χ0n) is 10.4. The van der Waals surface area contributed by atoms with Crippen LogP contribution in [0, 0.1) is 0 Å². The van der Waals surface area contributed by atoms with E-state index < -0.39 is 0 Å². The van der Waals surface area contributed by atoms with E-state index in [0.717, 1.165) is 17.8 Å². The number of benzene rings is 2. The third-order valence-electron chi connectivity index (χ3n) is 3.49. The first-order valence-electron chi connectivity index (χ1n) is 6.18. The van der Waals surface area contributed by atoms with Gasteiger partial charge in [0, 0.05) is 28.8 Å². The summed E-state index contributed by atoms with van der Waals surface area (Å²) in [6.45, 7) is 2.23. The Kier molecular flexibility index (Phi) is 2.40. The molecule has 2 aromatic rings. The van der Waals surface area contributed by atoms with Crippen molar-refractivity contribution in [2.45, 2.75) is 19.4 Å². The van der Waals surface area contributed by atoms with Crippen LogP contribution >= 0.6 is 0 Å². The van der Waals surface area contributed by atoms with Gasteiger partial charge >= 0.3 is 0 Å². The van der Waals surface area contributed by atoms with Gasteiger partial charge in [-0.05, 0) is 61.4 Å². The number of hydrogen-bond acceptors (Lipinski definition) is 3. The summed E-state index contributed by atoms with van der Waals surface area (Å²) in [6, 6.07) is 14.6. The van der Waals surface area contributed by atoms with Crippen molar-refractivity contribution in [3.63, 3.8) is 0 Å². The third kappa shape index (κ3) is 1.68. The van der Waals surface area contributed by atoms with Crippen molar-refractivity contribution in [2.75, 3.05) is 16.4 Å². The molecule has 0 radical (unpaired) electrons. The maximum Gasteiger partial charge on any atom is 0.0448 e. The SMILES string of the molecule is CC1Cc2cc(N)ccc2N1c1ccc(N)cc1. The lowest BCUT2D eigenvalue weighted by molar-refractivity contribution is 0.759. The summed E-state index contributed by atoms with van der Waals surface area (Å²) in [4.78, 5) is 2.34. The summed E-state index contributed by atoms with van der Waals surface area (Å²) in [5.74, 6) is 0. The normalized spacial score (nSPS) is 17.8. The zero-order valence-corrected chi connectivity index (χ0v) is 10.4. The number of hydrogen-bond donors (Lipinski definition) is 2. The predicted octanol–water partition coefficient (Wildman–Crippen LogP) is 2.93. The molecule has 4 N–H and O–H groups in total. The third-order valence-corrected chi connectivity index (χ3v) is 3.49. The van der Waals surface area contributed by atoms with E-state index in [1.807, 2.05) is 18.2 Å². The number of rotatable bonds is 1. The van der Waals surface area contributed by atoms with Gasteiger partial charge in [0.1, 0.15) is 0 Å². The molecule has 0 aliphatic carbocycles. The molecule has 3 rings (SSSR count). The van der Waals surface area contributed by atoms with Gasteiger partial charge in [-0.2, -0.15) is 0 Å². The van der Waals surface area contributed by atoms with Crippen LogP contribution in [-0.4, -0.2) is 6.04 Å². The second-order valence-corrected chi connectivity index (χ2v) is 4.90. The Morgan fingerprint density at radius 2 is 1.67 bits per heavy atom. The van der Waals surface area contributed by atoms with E-state index in [1.165, 1.54) is 16.9 Å². The van der Waals surface area contributed by atoms with Gasteiger partial charge in [0.05, 0.1) is 0 Å². The maximum atomic E-state index is 5.85. The Balaban J connectivity index is 2.06. The topological polar surface area (TPSA) is 55.3 Å². The minimum absolute atomic E-state index is 0.449. The zero-order chi connectivity index (χ0) is 12.7. The van der Waals surface area contributed by atoms with Crippen molar-refractivity contribution in [3.05, 3.63) is 48.0 Å². The van der Waals surface area contributed by atoms with Crippen LogP contribution in [0.1, 0.15) is 12.5 Å². The van der Waals surface area contributed by atoms with Crippen molar-refractivity contribution in [2.24, 2.45) is 0 Å². The standard InChI is InChI=1S/C15H17N3/c1-10-8-11-9-13(17)4-7-15(11)18(10)14-5-2-12(16)3-6-14/h2-7,9-10H,8,16-17H2,1H3. The number of nitrogens with zero attached hydrogens (tertiary/aromatic N) is 1. The smallest absolute Gasteiger partial charge is 0.0448 e. The fourth-order valence-electron chi connectivity index (χ4n) is 2.68. The Labute approximate surface area is 107 Å². The van der Waals surface area contributed by atoms with Crippen LogP contribution in [0.3, 0.4) is 0 Å². The summed E-state index contributed by atoms with van der Waals surface area (Å²) in [5.41, 5.74) is 17.0. The van der Waals surface area contributed by atoms with E-state index in [-0.39, 0.29) is 0 Å². The molecular formula is C15H17N3. The molecule has 2 aromatic carbocycles. The highest BCUT2D eigenvalue weighted by Crippen LogP contribution is 2.39. The summed E-state index contributed by atoms with van der Waals surface area (Å²) >= 11 is 0. The molecular weight excluding hydrogens is 222 g/mol. The van der Waals surface area contributed by atoms with Crippen LogP contribution < -0.4 is 16.4 Å². The second kappa shape index (κ2) is 3.95. The average molecular weight is 239 g/mol. The van der Waals surface area contributed by atoms with Crippen LogP contribution in [0.4, 0.5) is 22.7 Å². The lowest BCUT2D eigenvalue weighted by Gasteiger charge is -2.25. The lowest BCUT2D eigenvalue weighted by atomic mass is 10.1. The molecule has 1 heterocycles. The number of nitrogens with two attached hydrogens (primary N) is 2. The first-order valence-corrected chi connectivity index (χ1v) is 6.18. The quantitative estimate of drug-likeness (QED) is 0.752. The van der Waals surface area contributed by atoms with Crippen molar-refractivity contribution in [1.29, 1.82) is 0 Å². The molecule has 0 aromatic heterocycles. The molecule has 0 bridgehead atoms. The fraction of sp³-hybridized carbons (Fsp3) is 0.200. The summed E-state index contributed by atoms with van der Waals surface area (Å²) < 4.78 is 0. The molecule has 1 atom stereocenters. The van der Waals surface area contributed by atoms with E-state index >= 15 is 0 Å².